The van der Waals surface area contributed by atoms with Gasteiger partial charge in [0.05, 0.1) is 0 Å². The number of hydrogen-bond donors (Lipinski definition) is 4. The number of nitrogens with one attached hydrogen (secondary N) is 2. The van der Waals surface area contributed by atoms with Crippen LogP contribution in [0, 0.1) is 11.3 Å². The Balaban J connectivity index is 0.000000237. The maximum absolute atomic E-state index is 10.3. The Bertz CT molecular complexity index is 1250. The summed E-state index contributed by atoms with van der Waals surface area (Å²) in [6.07, 6.45) is 8.45. The first-order valence-corrected chi connectivity index (χ1v) is 13.3. The van der Waals surface area contributed by atoms with Crippen LogP contribution in [0.3, 0.4) is 0 Å². The normalized spacial score (nSPS) is 25.7. The highest BCUT2D eigenvalue weighted by molar-refractivity contribution is 5.90. The van der Waals surface area contributed by atoms with E-state index in [2.05, 4.69) is 71.9 Å². The van der Waals surface area contributed by atoms with E-state index >= 15 is 0 Å². The Labute approximate surface area is 219 Å². The lowest BCUT2D eigenvalue weighted by Crippen LogP contribution is -2.50. The monoisotopic (exact) mass is 499 g/mol. The third kappa shape index (κ3) is 4.78. The van der Waals surface area contributed by atoms with Crippen molar-refractivity contribution in [2.24, 2.45) is 11.3 Å². The summed E-state index contributed by atoms with van der Waals surface area (Å²) >= 11 is 0. The Morgan fingerprint density at radius 1 is 1.14 bits per heavy atom. The van der Waals surface area contributed by atoms with Gasteiger partial charge in [0.1, 0.15) is 11.3 Å². The molecule has 4 N–H and O–H groups in total. The maximum atomic E-state index is 10.3. The first-order chi connectivity index (χ1) is 17.9. The minimum absolute atomic E-state index is 0.0671. The fourth-order valence-corrected chi connectivity index (χ4v) is 6.56. The molecule has 4 aliphatic rings. The number of carboxylic acid groups (broad SMARTS) is 1. The smallest absolute Gasteiger partial charge is 0.339 e. The lowest BCUT2D eigenvalue weighted by molar-refractivity contribution is 0.0693. The molecule has 0 saturated carbocycles. The number of aromatic carboxylic acids is 1. The first kappa shape index (κ1) is 25.2. The van der Waals surface area contributed by atoms with Crippen molar-refractivity contribution in [2.45, 2.75) is 39.2 Å². The van der Waals surface area contributed by atoms with E-state index in [1.165, 1.54) is 37.1 Å². The van der Waals surface area contributed by atoms with Crippen LogP contribution in [0.15, 0.2) is 89.2 Å². The predicted octanol–water partition coefficient (Wildman–Crippen LogP) is 5.42. The Morgan fingerprint density at radius 3 is 2.62 bits per heavy atom. The molecule has 6 heteroatoms. The SMILES string of the molecule is CC1C2CC3=C(CCC4=C3C=CCNCC41C)N2CCNc1ccccc1.O=C(O)c1ccccc1O. The predicted molar refractivity (Wildman–Crippen MR) is 148 cm³/mol. The molecule has 0 aromatic heterocycles. The molecule has 0 radical (unpaired) electrons. The second-order valence-corrected chi connectivity index (χ2v) is 10.6. The van der Waals surface area contributed by atoms with Crippen molar-refractivity contribution in [1.29, 1.82) is 0 Å². The molecular weight excluding hydrogens is 462 g/mol. The molecule has 0 spiro atoms. The number of fused-ring (bicyclic) bond motifs is 1. The number of nitrogens with zero attached hydrogens (tertiary/aromatic N) is 1. The Hall–Kier alpha value is -3.51. The van der Waals surface area contributed by atoms with Crippen LogP contribution in [-0.4, -0.2) is 53.3 Å². The lowest BCUT2D eigenvalue weighted by Gasteiger charge is -2.48. The van der Waals surface area contributed by atoms with Crippen molar-refractivity contribution < 1.29 is 15.0 Å². The summed E-state index contributed by atoms with van der Waals surface area (Å²) < 4.78 is 0. The van der Waals surface area contributed by atoms with Crippen LogP contribution in [0.2, 0.25) is 0 Å². The third-order valence-corrected chi connectivity index (χ3v) is 8.67. The minimum atomic E-state index is -1.11. The van der Waals surface area contributed by atoms with Gasteiger partial charge in [0.25, 0.3) is 0 Å². The van der Waals surface area contributed by atoms with Gasteiger partial charge in [-0.25, -0.2) is 4.79 Å². The van der Waals surface area contributed by atoms with Crippen molar-refractivity contribution >= 4 is 11.7 Å². The molecule has 2 aliphatic carbocycles. The second-order valence-electron chi connectivity index (χ2n) is 10.6. The number of likely N-dealkylation sites (tertiary alicyclic amines) is 1. The molecule has 0 fully saturated rings. The van der Waals surface area contributed by atoms with Crippen LogP contribution in [0.25, 0.3) is 0 Å². The van der Waals surface area contributed by atoms with E-state index in [1.807, 2.05) is 0 Å². The number of hydrogen-bond acceptors (Lipinski definition) is 5. The summed E-state index contributed by atoms with van der Waals surface area (Å²) in [7, 11) is 0. The van der Waals surface area contributed by atoms with E-state index in [1.54, 1.807) is 34.5 Å². The number of rotatable bonds is 5. The van der Waals surface area contributed by atoms with Crippen molar-refractivity contribution in [1.82, 2.24) is 10.2 Å². The van der Waals surface area contributed by atoms with Gasteiger partial charge in [0, 0.05) is 49.0 Å². The van der Waals surface area contributed by atoms with Gasteiger partial charge < -0.3 is 25.7 Å². The summed E-state index contributed by atoms with van der Waals surface area (Å²) in [6, 6.07) is 17.0. The summed E-state index contributed by atoms with van der Waals surface area (Å²) in [4.78, 5) is 13.0. The van der Waals surface area contributed by atoms with Gasteiger partial charge in [0.2, 0.25) is 0 Å². The number of anilines is 1. The highest BCUT2D eigenvalue weighted by Gasteiger charge is 2.50. The second kappa shape index (κ2) is 10.5. The summed E-state index contributed by atoms with van der Waals surface area (Å²) in [5.74, 6) is -0.651. The summed E-state index contributed by atoms with van der Waals surface area (Å²) in [6.45, 7) is 9.22. The molecule has 6 nitrogen and oxygen atoms in total. The number of benzene rings is 2. The molecule has 37 heavy (non-hydrogen) atoms. The molecule has 3 atom stereocenters. The summed E-state index contributed by atoms with van der Waals surface area (Å²) in [5, 5.41) is 24.6. The molecule has 194 valence electrons. The van der Waals surface area contributed by atoms with E-state index in [0.29, 0.717) is 12.0 Å². The molecule has 0 saturated heterocycles. The Kier molecular flexibility index (Phi) is 7.11. The zero-order valence-corrected chi connectivity index (χ0v) is 21.7. The highest BCUT2D eigenvalue weighted by Crippen LogP contribution is 2.56. The first-order valence-electron chi connectivity index (χ1n) is 13.3. The third-order valence-electron chi connectivity index (χ3n) is 8.67. The van der Waals surface area contributed by atoms with Crippen LogP contribution in [0.1, 0.15) is 43.5 Å². The van der Waals surface area contributed by atoms with Gasteiger partial charge in [-0.2, -0.15) is 0 Å². The molecule has 5 bridgehead atoms. The standard InChI is InChI=1S/C24H31N3.C7H6O3/c1-17-23-15-20-19-9-6-12-25-16-24(17,2)21(19)10-11-22(20)27(23)14-13-26-18-7-4-3-5-8-18;8-6-4-2-1-3-5(6)7(9)10/h3-9,17,23,25-26H,10-16H2,1-2H3;1-4,8H,(H,9,10). The molecule has 2 heterocycles. The average Bonchev–Trinajstić information content (AvgIpc) is 3.23. The molecule has 0 amide bonds. The Morgan fingerprint density at radius 2 is 1.89 bits per heavy atom. The minimum Gasteiger partial charge on any atom is -0.507 e. The molecule has 6 rings (SSSR count). The average molecular weight is 500 g/mol. The zero-order valence-electron chi connectivity index (χ0n) is 21.7. The molecule has 2 aromatic carbocycles. The molecule has 2 aromatic rings. The van der Waals surface area contributed by atoms with Gasteiger partial charge in [0.15, 0.2) is 0 Å². The van der Waals surface area contributed by atoms with Crippen molar-refractivity contribution in [3.8, 4) is 5.75 Å². The lowest BCUT2D eigenvalue weighted by atomic mass is 9.65. The maximum Gasteiger partial charge on any atom is 0.339 e. The van der Waals surface area contributed by atoms with Gasteiger partial charge in [-0.1, -0.05) is 61.9 Å². The number of allylic oxidation sites excluding steroid dienone is 3. The highest BCUT2D eigenvalue weighted by atomic mass is 16.4. The molecular formula is C31H37N3O3. The van der Waals surface area contributed by atoms with Crippen molar-refractivity contribution in [3.63, 3.8) is 0 Å². The van der Waals surface area contributed by atoms with Gasteiger partial charge in [-0.3, -0.25) is 0 Å². The molecule has 2 aliphatic heterocycles. The summed E-state index contributed by atoms with van der Waals surface area (Å²) in [5.41, 5.74) is 8.04. The van der Waals surface area contributed by atoms with Crippen LogP contribution in [0.5, 0.6) is 5.75 Å². The topological polar surface area (TPSA) is 84.8 Å². The van der Waals surface area contributed by atoms with Gasteiger partial charge in [-0.05, 0) is 60.6 Å². The van der Waals surface area contributed by atoms with Crippen molar-refractivity contribution in [3.05, 3.63) is 94.7 Å². The largest absolute Gasteiger partial charge is 0.507 e. The molecule has 3 unspecified atom stereocenters. The van der Waals surface area contributed by atoms with Crippen LogP contribution in [0.4, 0.5) is 5.69 Å². The van der Waals surface area contributed by atoms with Gasteiger partial charge in [-0.15, -0.1) is 0 Å². The van der Waals surface area contributed by atoms with Crippen LogP contribution >= 0.6 is 0 Å². The van der Waals surface area contributed by atoms with E-state index in [-0.39, 0.29) is 16.7 Å². The fraction of sp³-hybridized carbons (Fsp3) is 0.387. The van der Waals surface area contributed by atoms with Crippen LogP contribution < -0.4 is 10.6 Å². The number of carboxylic acids is 1. The van der Waals surface area contributed by atoms with Crippen LogP contribution in [-0.2, 0) is 0 Å². The quantitative estimate of drug-likeness (QED) is 0.439. The fourth-order valence-electron chi connectivity index (χ4n) is 6.56. The van der Waals surface area contributed by atoms with E-state index < -0.39 is 5.97 Å². The van der Waals surface area contributed by atoms with Crippen molar-refractivity contribution in [2.75, 3.05) is 31.5 Å². The van der Waals surface area contributed by atoms with Gasteiger partial charge >= 0.3 is 5.97 Å². The number of para-hydroxylation sites is 2. The number of aromatic hydroxyl groups is 1. The number of carbonyl (C=O) groups is 1. The van der Waals surface area contributed by atoms with E-state index in [0.717, 1.165) is 26.2 Å². The van der Waals surface area contributed by atoms with E-state index in [4.69, 9.17) is 10.2 Å². The van der Waals surface area contributed by atoms with E-state index in [9.17, 15) is 4.79 Å². The zero-order chi connectivity index (χ0) is 26.0. The number of phenols is 1.